The maximum absolute atomic E-state index is 11.4. The van der Waals surface area contributed by atoms with Crippen molar-refractivity contribution in [2.45, 2.75) is 13.0 Å². The quantitative estimate of drug-likeness (QED) is 0.808. The summed E-state index contributed by atoms with van der Waals surface area (Å²) in [5.74, 6) is 1.32. The second-order valence-corrected chi connectivity index (χ2v) is 4.20. The van der Waals surface area contributed by atoms with Crippen molar-refractivity contribution in [3.63, 3.8) is 0 Å². The lowest BCUT2D eigenvalue weighted by atomic mass is 10.3. The molecule has 0 aliphatic carbocycles. The van der Waals surface area contributed by atoms with Crippen molar-refractivity contribution in [3.05, 3.63) is 12.1 Å². The molecule has 7 nitrogen and oxygen atoms in total. The molecular formula is C13H17N3O4. The summed E-state index contributed by atoms with van der Waals surface area (Å²) in [6.45, 7) is 1.69. The number of methoxy groups -OCH3 is 3. The Labute approximate surface area is 116 Å². The van der Waals surface area contributed by atoms with Crippen LogP contribution in [0.1, 0.15) is 6.92 Å². The average molecular weight is 279 g/mol. The maximum atomic E-state index is 11.4. The van der Waals surface area contributed by atoms with Gasteiger partial charge in [0.1, 0.15) is 6.04 Å². The third-order valence-corrected chi connectivity index (χ3v) is 2.90. The molecule has 0 bridgehead atoms. The van der Waals surface area contributed by atoms with Crippen molar-refractivity contribution in [2.24, 2.45) is 0 Å². The predicted molar refractivity (Wildman–Crippen MR) is 74.3 cm³/mol. The Morgan fingerprint density at radius 3 is 2.50 bits per heavy atom. The molecule has 0 fully saturated rings. The number of aromatic nitrogens is 2. The van der Waals surface area contributed by atoms with Crippen LogP contribution in [-0.2, 0) is 9.53 Å². The van der Waals surface area contributed by atoms with Crippen LogP contribution >= 0.6 is 0 Å². The number of carbonyl (C=O) groups is 1. The number of fused-ring (bicyclic) bond motifs is 1. The van der Waals surface area contributed by atoms with E-state index in [0.29, 0.717) is 23.0 Å². The molecule has 1 unspecified atom stereocenters. The first kappa shape index (κ1) is 14.0. The maximum Gasteiger partial charge on any atom is 0.328 e. The molecule has 0 aliphatic rings. The molecule has 1 atom stereocenters. The molecule has 1 heterocycles. The van der Waals surface area contributed by atoms with Crippen LogP contribution < -0.4 is 14.8 Å². The van der Waals surface area contributed by atoms with Crippen molar-refractivity contribution in [1.82, 2.24) is 9.97 Å². The number of rotatable bonds is 5. The van der Waals surface area contributed by atoms with Gasteiger partial charge in [0, 0.05) is 12.1 Å². The number of hydrogen-bond acceptors (Lipinski definition) is 6. The number of hydrogen-bond donors (Lipinski definition) is 2. The fraction of sp³-hybridized carbons (Fsp3) is 0.385. The number of nitrogens with one attached hydrogen (secondary N) is 2. The molecule has 2 N–H and O–H groups in total. The molecule has 0 amide bonds. The Kier molecular flexibility index (Phi) is 3.97. The van der Waals surface area contributed by atoms with Crippen LogP contribution in [0.4, 0.5) is 5.95 Å². The molecule has 7 heteroatoms. The summed E-state index contributed by atoms with van der Waals surface area (Å²) >= 11 is 0. The minimum absolute atomic E-state index is 0.361. The van der Waals surface area contributed by atoms with Gasteiger partial charge in [0.2, 0.25) is 5.95 Å². The van der Waals surface area contributed by atoms with E-state index in [2.05, 4.69) is 20.0 Å². The minimum Gasteiger partial charge on any atom is -0.493 e. The number of benzene rings is 1. The molecular weight excluding hydrogens is 262 g/mol. The van der Waals surface area contributed by atoms with Gasteiger partial charge >= 0.3 is 5.97 Å². The van der Waals surface area contributed by atoms with E-state index in [9.17, 15) is 4.79 Å². The first-order valence-electron chi connectivity index (χ1n) is 6.05. The van der Waals surface area contributed by atoms with E-state index in [1.54, 1.807) is 33.3 Å². The van der Waals surface area contributed by atoms with Crippen LogP contribution in [0.15, 0.2) is 12.1 Å². The number of imidazole rings is 1. The van der Waals surface area contributed by atoms with Gasteiger partial charge in [0.25, 0.3) is 0 Å². The number of H-pyrrole nitrogens is 1. The lowest BCUT2D eigenvalue weighted by molar-refractivity contribution is -0.141. The number of ether oxygens (including phenoxy) is 3. The normalized spacial score (nSPS) is 12.0. The van der Waals surface area contributed by atoms with Gasteiger partial charge in [-0.3, -0.25) is 0 Å². The lowest BCUT2D eigenvalue weighted by Crippen LogP contribution is -2.27. The van der Waals surface area contributed by atoms with Crippen LogP contribution in [0, 0.1) is 0 Å². The number of esters is 1. The number of anilines is 1. The highest BCUT2D eigenvalue weighted by molar-refractivity contribution is 5.83. The molecule has 2 rings (SSSR count). The van der Waals surface area contributed by atoms with Gasteiger partial charge < -0.3 is 24.5 Å². The Balaban J connectivity index is 2.31. The summed E-state index contributed by atoms with van der Waals surface area (Å²) in [5, 5.41) is 2.93. The molecule has 0 spiro atoms. The van der Waals surface area contributed by atoms with Gasteiger partial charge in [-0.1, -0.05) is 0 Å². The zero-order chi connectivity index (χ0) is 14.7. The fourth-order valence-electron chi connectivity index (χ4n) is 1.85. The minimum atomic E-state index is -0.496. The molecule has 2 aromatic rings. The van der Waals surface area contributed by atoms with Crippen molar-refractivity contribution < 1.29 is 19.0 Å². The summed E-state index contributed by atoms with van der Waals surface area (Å²) in [5.41, 5.74) is 1.49. The number of nitrogens with zero attached hydrogens (tertiary/aromatic N) is 1. The Hall–Kier alpha value is -2.44. The molecule has 20 heavy (non-hydrogen) atoms. The first-order valence-corrected chi connectivity index (χ1v) is 6.05. The average Bonchev–Trinajstić information content (AvgIpc) is 2.85. The third kappa shape index (κ3) is 2.61. The van der Waals surface area contributed by atoms with Crippen molar-refractivity contribution in [1.29, 1.82) is 0 Å². The van der Waals surface area contributed by atoms with Crippen molar-refractivity contribution in [3.8, 4) is 11.5 Å². The zero-order valence-corrected chi connectivity index (χ0v) is 11.8. The summed E-state index contributed by atoms with van der Waals surface area (Å²) in [6.07, 6.45) is 0. The summed E-state index contributed by atoms with van der Waals surface area (Å²) in [7, 11) is 4.47. The fourth-order valence-corrected chi connectivity index (χ4v) is 1.85. The van der Waals surface area contributed by atoms with Crippen LogP contribution in [0.5, 0.6) is 11.5 Å². The van der Waals surface area contributed by atoms with Gasteiger partial charge in [-0.2, -0.15) is 0 Å². The Bertz CT molecular complexity index is 582. The van der Waals surface area contributed by atoms with Crippen LogP contribution in [0.3, 0.4) is 0 Å². The zero-order valence-electron chi connectivity index (χ0n) is 11.8. The smallest absolute Gasteiger partial charge is 0.328 e. The highest BCUT2D eigenvalue weighted by atomic mass is 16.5. The molecule has 0 saturated heterocycles. The summed E-state index contributed by atoms with van der Waals surface area (Å²) < 4.78 is 15.1. The monoisotopic (exact) mass is 279 g/mol. The van der Waals surface area contributed by atoms with Crippen LogP contribution in [-0.4, -0.2) is 43.3 Å². The van der Waals surface area contributed by atoms with Crippen molar-refractivity contribution >= 4 is 23.0 Å². The summed E-state index contributed by atoms with van der Waals surface area (Å²) in [6, 6.07) is 3.05. The lowest BCUT2D eigenvalue weighted by Gasteiger charge is -2.09. The second kappa shape index (κ2) is 5.68. The second-order valence-electron chi connectivity index (χ2n) is 4.20. The molecule has 108 valence electrons. The van der Waals surface area contributed by atoms with E-state index in [0.717, 1.165) is 5.52 Å². The van der Waals surface area contributed by atoms with E-state index in [4.69, 9.17) is 9.47 Å². The van der Waals surface area contributed by atoms with Gasteiger partial charge in [-0.25, -0.2) is 9.78 Å². The standard InChI is InChI=1S/C13H17N3O4/c1-7(12(17)20-4)14-13-15-8-5-10(18-2)11(19-3)6-9(8)16-13/h5-7H,1-4H3,(H2,14,15,16). The largest absolute Gasteiger partial charge is 0.493 e. The van der Waals surface area contributed by atoms with E-state index in [1.165, 1.54) is 7.11 Å². The summed E-state index contributed by atoms with van der Waals surface area (Å²) in [4.78, 5) is 18.8. The van der Waals surface area contributed by atoms with E-state index in [1.807, 2.05) is 0 Å². The van der Waals surface area contributed by atoms with Gasteiger partial charge in [-0.05, 0) is 6.92 Å². The number of carbonyl (C=O) groups excluding carboxylic acids is 1. The molecule has 0 saturated carbocycles. The van der Waals surface area contributed by atoms with Crippen LogP contribution in [0.2, 0.25) is 0 Å². The third-order valence-electron chi connectivity index (χ3n) is 2.90. The van der Waals surface area contributed by atoms with E-state index in [-0.39, 0.29) is 5.97 Å². The molecule has 1 aromatic heterocycles. The van der Waals surface area contributed by atoms with Gasteiger partial charge in [0.15, 0.2) is 11.5 Å². The molecule has 0 aliphatic heterocycles. The van der Waals surface area contributed by atoms with Crippen LogP contribution in [0.25, 0.3) is 11.0 Å². The Morgan fingerprint density at radius 2 is 1.90 bits per heavy atom. The predicted octanol–water partition coefficient (Wildman–Crippen LogP) is 1.55. The Morgan fingerprint density at radius 1 is 1.25 bits per heavy atom. The topological polar surface area (TPSA) is 85.5 Å². The van der Waals surface area contributed by atoms with E-state index < -0.39 is 6.04 Å². The molecule has 1 aromatic carbocycles. The number of aromatic amines is 1. The first-order chi connectivity index (χ1) is 9.58. The SMILES string of the molecule is COC(=O)C(C)Nc1nc2cc(OC)c(OC)cc2[nH]1. The van der Waals surface area contributed by atoms with Gasteiger partial charge in [0.05, 0.1) is 32.4 Å². The highest BCUT2D eigenvalue weighted by Crippen LogP contribution is 2.31. The highest BCUT2D eigenvalue weighted by Gasteiger charge is 2.15. The van der Waals surface area contributed by atoms with Crippen molar-refractivity contribution in [2.75, 3.05) is 26.6 Å². The van der Waals surface area contributed by atoms with Gasteiger partial charge in [-0.15, -0.1) is 0 Å². The van der Waals surface area contributed by atoms with E-state index >= 15 is 0 Å². The molecule has 0 radical (unpaired) electrons.